The number of ether oxygens (including phenoxy) is 1. The molecule has 0 aromatic heterocycles. The Labute approximate surface area is 86.8 Å². The second-order valence-electron chi connectivity index (χ2n) is 4.36. The molecule has 1 aliphatic heterocycles. The van der Waals surface area contributed by atoms with Gasteiger partial charge in [0.25, 0.3) is 0 Å². The van der Waals surface area contributed by atoms with Crippen molar-refractivity contribution < 1.29 is 9.84 Å². The Morgan fingerprint density at radius 2 is 2.43 bits per heavy atom. The number of hydrogen-bond donors (Lipinski definition) is 2. The Morgan fingerprint density at radius 3 is 3.07 bits per heavy atom. The average molecular weight is 201 g/mol. The molecule has 3 heteroatoms. The lowest BCUT2D eigenvalue weighted by molar-refractivity contribution is 0.0545. The number of nitrogens with one attached hydrogen (secondary N) is 1. The van der Waals surface area contributed by atoms with Crippen LogP contribution in [0.2, 0.25) is 0 Å². The first-order chi connectivity index (χ1) is 6.83. The average Bonchev–Trinajstić information content (AvgIpc) is 2.20. The molecule has 1 fully saturated rings. The lowest BCUT2D eigenvalue weighted by Crippen LogP contribution is -2.31. The van der Waals surface area contributed by atoms with Gasteiger partial charge in [0.2, 0.25) is 0 Å². The maximum atomic E-state index is 8.74. The van der Waals surface area contributed by atoms with Crippen molar-refractivity contribution in [2.24, 2.45) is 11.8 Å². The summed E-state index contributed by atoms with van der Waals surface area (Å²) in [5.41, 5.74) is 0. The first-order valence-corrected chi connectivity index (χ1v) is 5.72. The van der Waals surface area contributed by atoms with Crippen LogP contribution in [0.25, 0.3) is 0 Å². The van der Waals surface area contributed by atoms with E-state index in [2.05, 4.69) is 12.2 Å². The second kappa shape index (κ2) is 7.21. The van der Waals surface area contributed by atoms with Gasteiger partial charge in [-0.3, -0.25) is 0 Å². The van der Waals surface area contributed by atoms with Crippen LogP contribution in [0.4, 0.5) is 0 Å². The molecule has 0 aromatic rings. The van der Waals surface area contributed by atoms with Gasteiger partial charge in [-0.1, -0.05) is 6.92 Å². The molecule has 2 unspecified atom stereocenters. The lowest BCUT2D eigenvalue weighted by atomic mass is 10.0. The summed E-state index contributed by atoms with van der Waals surface area (Å²) in [4.78, 5) is 0. The summed E-state index contributed by atoms with van der Waals surface area (Å²) in [6.45, 7) is 6.40. The molecule has 1 rings (SSSR count). The summed E-state index contributed by atoms with van der Waals surface area (Å²) in [5, 5.41) is 12.2. The number of aliphatic hydroxyl groups excluding tert-OH is 1. The Balaban J connectivity index is 1.96. The fourth-order valence-electron chi connectivity index (χ4n) is 1.82. The molecular formula is C11H23NO2. The second-order valence-corrected chi connectivity index (χ2v) is 4.36. The first-order valence-electron chi connectivity index (χ1n) is 5.72. The molecule has 3 nitrogen and oxygen atoms in total. The highest BCUT2D eigenvalue weighted by Gasteiger charge is 2.13. The molecule has 0 saturated carbocycles. The molecule has 2 N–H and O–H groups in total. The van der Waals surface area contributed by atoms with Crippen molar-refractivity contribution in [2.45, 2.75) is 26.2 Å². The molecule has 84 valence electrons. The Morgan fingerprint density at radius 1 is 1.57 bits per heavy atom. The third kappa shape index (κ3) is 4.94. The van der Waals surface area contributed by atoms with Gasteiger partial charge < -0.3 is 15.2 Å². The highest BCUT2D eigenvalue weighted by molar-refractivity contribution is 4.66. The monoisotopic (exact) mass is 201 g/mol. The summed E-state index contributed by atoms with van der Waals surface area (Å²) in [7, 11) is 0. The topological polar surface area (TPSA) is 41.5 Å². The van der Waals surface area contributed by atoms with Gasteiger partial charge in [-0.2, -0.15) is 0 Å². The fraction of sp³-hybridized carbons (Fsp3) is 1.00. The fourth-order valence-corrected chi connectivity index (χ4v) is 1.82. The zero-order valence-corrected chi connectivity index (χ0v) is 9.17. The van der Waals surface area contributed by atoms with E-state index in [1.54, 1.807) is 0 Å². The van der Waals surface area contributed by atoms with Crippen LogP contribution in [0.5, 0.6) is 0 Å². The van der Waals surface area contributed by atoms with Crippen molar-refractivity contribution >= 4 is 0 Å². The SMILES string of the molecule is CC(CCO)CNCC1CCCOC1. The number of aliphatic hydroxyl groups is 1. The van der Waals surface area contributed by atoms with Gasteiger partial charge in [0.15, 0.2) is 0 Å². The van der Waals surface area contributed by atoms with Gasteiger partial charge in [-0.05, 0) is 37.6 Å². The molecule has 0 radical (unpaired) electrons. The highest BCUT2D eigenvalue weighted by Crippen LogP contribution is 2.12. The van der Waals surface area contributed by atoms with E-state index in [9.17, 15) is 0 Å². The molecule has 0 bridgehead atoms. The van der Waals surface area contributed by atoms with Crippen molar-refractivity contribution in [3.63, 3.8) is 0 Å². The summed E-state index contributed by atoms with van der Waals surface area (Å²) >= 11 is 0. The molecule has 0 amide bonds. The number of hydrogen-bond acceptors (Lipinski definition) is 3. The maximum Gasteiger partial charge on any atom is 0.0506 e. The Hall–Kier alpha value is -0.120. The lowest BCUT2D eigenvalue weighted by Gasteiger charge is -2.23. The standard InChI is InChI=1S/C11H23NO2/c1-10(4-5-13)7-12-8-11-3-2-6-14-9-11/h10-13H,2-9H2,1H3. The quantitative estimate of drug-likeness (QED) is 0.674. The minimum Gasteiger partial charge on any atom is -0.396 e. The van der Waals surface area contributed by atoms with E-state index in [-0.39, 0.29) is 0 Å². The Kier molecular flexibility index (Phi) is 6.15. The molecule has 14 heavy (non-hydrogen) atoms. The predicted octanol–water partition coefficient (Wildman–Crippen LogP) is 1.02. The molecule has 1 aliphatic rings. The molecule has 1 saturated heterocycles. The third-order valence-corrected chi connectivity index (χ3v) is 2.80. The van der Waals surface area contributed by atoms with Crippen LogP contribution >= 0.6 is 0 Å². The van der Waals surface area contributed by atoms with E-state index in [4.69, 9.17) is 9.84 Å². The van der Waals surface area contributed by atoms with Gasteiger partial charge in [0, 0.05) is 19.8 Å². The smallest absolute Gasteiger partial charge is 0.0506 e. The molecule has 0 spiro atoms. The van der Waals surface area contributed by atoms with Crippen LogP contribution in [-0.4, -0.2) is 38.0 Å². The van der Waals surface area contributed by atoms with Crippen LogP contribution in [0.15, 0.2) is 0 Å². The summed E-state index contributed by atoms with van der Waals surface area (Å²) < 4.78 is 5.41. The summed E-state index contributed by atoms with van der Waals surface area (Å²) in [6, 6.07) is 0. The molecule has 0 aromatic carbocycles. The number of rotatable bonds is 6. The van der Waals surface area contributed by atoms with Crippen LogP contribution < -0.4 is 5.32 Å². The minimum absolute atomic E-state index is 0.301. The normalized spacial score (nSPS) is 24.9. The van der Waals surface area contributed by atoms with Crippen molar-refractivity contribution in [3.05, 3.63) is 0 Å². The van der Waals surface area contributed by atoms with Crippen molar-refractivity contribution in [1.29, 1.82) is 0 Å². The van der Waals surface area contributed by atoms with Crippen LogP contribution in [0.1, 0.15) is 26.2 Å². The van der Waals surface area contributed by atoms with Crippen molar-refractivity contribution in [2.75, 3.05) is 32.9 Å². The van der Waals surface area contributed by atoms with Gasteiger partial charge in [0.05, 0.1) is 6.61 Å². The van der Waals surface area contributed by atoms with Crippen molar-refractivity contribution in [1.82, 2.24) is 5.32 Å². The first kappa shape index (κ1) is 12.0. The Bertz CT molecular complexity index is 135. The molecule has 0 aliphatic carbocycles. The van der Waals surface area contributed by atoms with Gasteiger partial charge in [-0.25, -0.2) is 0 Å². The molecular weight excluding hydrogens is 178 g/mol. The van der Waals surface area contributed by atoms with Gasteiger partial charge in [-0.15, -0.1) is 0 Å². The van der Waals surface area contributed by atoms with E-state index >= 15 is 0 Å². The van der Waals surface area contributed by atoms with Crippen LogP contribution in [0, 0.1) is 11.8 Å². The molecule has 2 atom stereocenters. The van der Waals surface area contributed by atoms with E-state index in [0.29, 0.717) is 18.4 Å². The minimum atomic E-state index is 0.301. The van der Waals surface area contributed by atoms with Gasteiger partial charge >= 0.3 is 0 Å². The summed E-state index contributed by atoms with van der Waals surface area (Å²) in [6.07, 6.45) is 3.40. The predicted molar refractivity (Wildman–Crippen MR) is 57.3 cm³/mol. The van der Waals surface area contributed by atoms with E-state index in [1.165, 1.54) is 12.8 Å². The largest absolute Gasteiger partial charge is 0.396 e. The summed E-state index contributed by atoms with van der Waals surface area (Å²) in [5.74, 6) is 1.27. The van der Waals surface area contributed by atoms with Gasteiger partial charge in [0.1, 0.15) is 0 Å². The van der Waals surface area contributed by atoms with E-state index in [1.807, 2.05) is 0 Å². The molecule has 1 heterocycles. The van der Waals surface area contributed by atoms with Crippen LogP contribution in [0.3, 0.4) is 0 Å². The zero-order chi connectivity index (χ0) is 10.2. The van der Waals surface area contributed by atoms with E-state index in [0.717, 1.165) is 32.7 Å². The third-order valence-electron chi connectivity index (χ3n) is 2.80. The highest BCUT2D eigenvalue weighted by atomic mass is 16.5. The van der Waals surface area contributed by atoms with Crippen molar-refractivity contribution in [3.8, 4) is 0 Å². The maximum absolute atomic E-state index is 8.74. The zero-order valence-electron chi connectivity index (χ0n) is 9.17. The van der Waals surface area contributed by atoms with E-state index < -0.39 is 0 Å². The van der Waals surface area contributed by atoms with Crippen LogP contribution in [-0.2, 0) is 4.74 Å².